The predicted molar refractivity (Wildman–Crippen MR) is 60.9 cm³/mol. The molecule has 0 aliphatic carbocycles. The van der Waals surface area contributed by atoms with Gasteiger partial charge < -0.3 is 15.2 Å². The highest BCUT2D eigenvalue weighted by atomic mass is 16.5. The first kappa shape index (κ1) is 13.1. The third-order valence-corrected chi connectivity index (χ3v) is 2.03. The zero-order valence-electron chi connectivity index (χ0n) is 9.47. The van der Waals surface area contributed by atoms with E-state index in [0.29, 0.717) is 25.3 Å². The van der Waals surface area contributed by atoms with Crippen LogP contribution in [0.4, 0.5) is 5.82 Å². The lowest BCUT2D eigenvalue weighted by Crippen LogP contribution is -2.13. The van der Waals surface area contributed by atoms with E-state index in [1.54, 1.807) is 7.11 Å². The van der Waals surface area contributed by atoms with Crippen molar-refractivity contribution in [3.8, 4) is 0 Å². The number of nitrogens with zero attached hydrogens (tertiary/aromatic N) is 1. The summed E-state index contributed by atoms with van der Waals surface area (Å²) in [6.45, 7) is 0.527. The van der Waals surface area contributed by atoms with Gasteiger partial charge in [-0.3, -0.25) is 4.79 Å². The number of aromatic carboxylic acids is 1. The molecule has 0 unspecified atom stereocenters. The number of ether oxygens (including phenoxy) is 1. The van der Waals surface area contributed by atoms with Gasteiger partial charge in [-0.1, -0.05) is 0 Å². The van der Waals surface area contributed by atoms with Crippen LogP contribution in [0.15, 0.2) is 18.3 Å². The second kappa shape index (κ2) is 6.59. The normalized spacial score (nSPS) is 9.94. The van der Waals surface area contributed by atoms with Crippen LogP contribution in [-0.4, -0.2) is 35.7 Å². The number of amides is 1. The third kappa shape index (κ3) is 4.60. The number of nitrogens with one attached hydrogen (secondary N) is 1. The van der Waals surface area contributed by atoms with E-state index < -0.39 is 5.97 Å². The number of anilines is 1. The molecule has 0 saturated carbocycles. The Kier molecular flexibility index (Phi) is 5.09. The molecule has 1 amide bonds. The van der Waals surface area contributed by atoms with Crippen LogP contribution in [0, 0.1) is 0 Å². The Hall–Kier alpha value is -1.95. The fraction of sp³-hybridized carbons (Fsp3) is 0.364. The number of carbonyl (C=O) groups is 2. The second-order valence-corrected chi connectivity index (χ2v) is 3.38. The van der Waals surface area contributed by atoms with Gasteiger partial charge in [-0.05, 0) is 18.6 Å². The summed E-state index contributed by atoms with van der Waals surface area (Å²) >= 11 is 0. The lowest BCUT2D eigenvalue weighted by Gasteiger charge is -2.04. The van der Waals surface area contributed by atoms with Crippen LogP contribution in [-0.2, 0) is 9.53 Å². The van der Waals surface area contributed by atoms with Gasteiger partial charge in [-0.2, -0.15) is 0 Å². The molecule has 6 nitrogen and oxygen atoms in total. The zero-order valence-corrected chi connectivity index (χ0v) is 9.47. The van der Waals surface area contributed by atoms with Crippen LogP contribution in [0.25, 0.3) is 0 Å². The molecule has 0 fully saturated rings. The van der Waals surface area contributed by atoms with E-state index in [4.69, 9.17) is 9.84 Å². The quantitative estimate of drug-likeness (QED) is 0.725. The summed E-state index contributed by atoms with van der Waals surface area (Å²) in [5.41, 5.74) is 0.0855. The van der Waals surface area contributed by atoms with E-state index in [1.807, 2.05) is 0 Å². The third-order valence-electron chi connectivity index (χ3n) is 2.03. The number of carbonyl (C=O) groups excluding carboxylic acids is 1. The molecule has 1 aromatic heterocycles. The highest BCUT2D eigenvalue weighted by Crippen LogP contribution is 2.06. The van der Waals surface area contributed by atoms with Crippen molar-refractivity contribution >= 4 is 17.7 Å². The molecule has 6 heteroatoms. The minimum atomic E-state index is -1.05. The summed E-state index contributed by atoms with van der Waals surface area (Å²) in [5.74, 6) is -0.870. The smallest absolute Gasteiger partial charge is 0.337 e. The predicted octanol–water partition coefficient (Wildman–Crippen LogP) is 1.14. The summed E-state index contributed by atoms with van der Waals surface area (Å²) < 4.78 is 4.82. The average Bonchev–Trinajstić information content (AvgIpc) is 2.30. The van der Waals surface area contributed by atoms with E-state index in [1.165, 1.54) is 18.3 Å². The Balaban J connectivity index is 2.46. The maximum atomic E-state index is 11.4. The van der Waals surface area contributed by atoms with Crippen LogP contribution >= 0.6 is 0 Å². The number of hydrogen-bond acceptors (Lipinski definition) is 4. The van der Waals surface area contributed by atoms with Crippen LogP contribution < -0.4 is 5.32 Å². The summed E-state index contributed by atoms with van der Waals surface area (Å²) in [5, 5.41) is 11.2. The van der Waals surface area contributed by atoms with Crippen molar-refractivity contribution in [3.63, 3.8) is 0 Å². The highest BCUT2D eigenvalue weighted by molar-refractivity contribution is 5.91. The molecule has 1 rings (SSSR count). The molecule has 0 spiro atoms. The van der Waals surface area contributed by atoms with E-state index in [-0.39, 0.29) is 11.5 Å². The number of aromatic nitrogens is 1. The number of carboxylic acid groups (broad SMARTS) is 1. The molecular formula is C11H14N2O4. The van der Waals surface area contributed by atoms with E-state index in [9.17, 15) is 9.59 Å². The minimum absolute atomic E-state index is 0.0855. The van der Waals surface area contributed by atoms with E-state index in [0.717, 1.165) is 0 Å². The van der Waals surface area contributed by atoms with E-state index >= 15 is 0 Å². The second-order valence-electron chi connectivity index (χ2n) is 3.38. The Morgan fingerprint density at radius 3 is 2.76 bits per heavy atom. The van der Waals surface area contributed by atoms with Crippen LogP contribution in [0.2, 0.25) is 0 Å². The van der Waals surface area contributed by atoms with Gasteiger partial charge in [-0.15, -0.1) is 0 Å². The summed E-state index contributed by atoms with van der Waals surface area (Å²) in [6, 6.07) is 2.85. The standard InChI is InChI=1S/C11H14N2O4/c1-17-6-2-3-10(14)13-9-5-4-8(7-12-9)11(15)16/h4-5,7H,2-3,6H2,1H3,(H,15,16)(H,12,13,14). The molecule has 17 heavy (non-hydrogen) atoms. The number of carboxylic acids is 1. The maximum Gasteiger partial charge on any atom is 0.337 e. The van der Waals surface area contributed by atoms with Gasteiger partial charge in [0.2, 0.25) is 5.91 Å². The number of hydrogen-bond donors (Lipinski definition) is 2. The molecule has 0 saturated heterocycles. The maximum absolute atomic E-state index is 11.4. The molecule has 1 heterocycles. The van der Waals surface area contributed by atoms with Gasteiger partial charge in [-0.25, -0.2) is 9.78 Å². The van der Waals surface area contributed by atoms with Crippen LogP contribution in [0.5, 0.6) is 0 Å². The Morgan fingerprint density at radius 1 is 1.47 bits per heavy atom. The summed E-state index contributed by atoms with van der Waals surface area (Å²) in [4.78, 5) is 25.8. The van der Waals surface area contributed by atoms with Crippen molar-refractivity contribution in [2.75, 3.05) is 19.0 Å². The Labute approximate surface area is 98.6 Å². The summed E-state index contributed by atoms with van der Waals surface area (Å²) in [6.07, 6.45) is 2.18. The summed E-state index contributed by atoms with van der Waals surface area (Å²) in [7, 11) is 1.57. The van der Waals surface area contributed by atoms with Gasteiger partial charge in [0.1, 0.15) is 5.82 Å². The van der Waals surface area contributed by atoms with Crippen LogP contribution in [0.1, 0.15) is 23.2 Å². The zero-order chi connectivity index (χ0) is 12.7. The molecule has 0 aliphatic rings. The van der Waals surface area contributed by atoms with Crippen molar-refractivity contribution in [2.45, 2.75) is 12.8 Å². The van der Waals surface area contributed by atoms with Gasteiger partial charge in [0, 0.05) is 26.3 Å². The molecule has 0 bridgehead atoms. The lowest BCUT2D eigenvalue weighted by atomic mass is 10.3. The van der Waals surface area contributed by atoms with Gasteiger partial charge in [0.05, 0.1) is 5.56 Å². The number of pyridine rings is 1. The first-order valence-corrected chi connectivity index (χ1v) is 5.11. The lowest BCUT2D eigenvalue weighted by molar-refractivity contribution is -0.116. The monoisotopic (exact) mass is 238 g/mol. The molecule has 2 N–H and O–H groups in total. The van der Waals surface area contributed by atoms with Gasteiger partial charge in [0.15, 0.2) is 0 Å². The Bertz CT molecular complexity index is 389. The van der Waals surface area contributed by atoms with Crippen molar-refractivity contribution < 1.29 is 19.4 Å². The first-order chi connectivity index (χ1) is 8.13. The SMILES string of the molecule is COCCCC(=O)Nc1ccc(C(=O)O)cn1. The molecule has 92 valence electrons. The topological polar surface area (TPSA) is 88.5 Å². The number of methoxy groups -OCH3 is 1. The van der Waals surface area contributed by atoms with Crippen molar-refractivity contribution in [1.29, 1.82) is 0 Å². The van der Waals surface area contributed by atoms with Crippen LogP contribution in [0.3, 0.4) is 0 Å². The van der Waals surface area contributed by atoms with Gasteiger partial charge in [0.25, 0.3) is 0 Å². The number of rotatable bonds is 6. The average molecular weight is 238 g/mol. The molecular weight excluding hydrogens is 224 g/mol. The fourth-order valence-electron chi connectivity index (χ4n) is 1.18. The molecule has 0 aromatic carbocycles. The molecule has 1 aromatic rings. The van der Waals surface area contributed by atoms with Crippen molar-refractivity contribution in [1.82, 2.24) is 4.98 Å². The highest BCUT2D eigenvalue weighted by Gasteiger charge is 2.05. The Morgan fingerprint density at radius 2 is 2.24 bits per heavy atom. The van der Waals surface area contributed by atoms with E-state index in [2.05, 4.69) is 10.3 Å². The first-order valence-electron chi connectivity index (χ1n) is 5.11. The molecule has 0 aliphatic heterocycles. The molecule has 0 radical (unpaired) electrons. The molecule has 0 atom stereocenters. The fourth-order valence-corrected chi connectivity index (χ4v) is 1.18. The largest absolute Gasteiger partial charge is 0.478 e. The van der Waals surface area contributed by atoms with Crippen molar-refractivity contribution in [3.05, 3.63) is 23.9 Å². The van der Waals surface area contributed by atoms with Crippen molar-refractivity contribution in [2.24, 2.45) is 0 Å². The van der Waals surface area contributed by atoms with Gasteiger partial charge >= 0.3 is 5.97 Å². The minimum Gasteiger partial charge on any atom is -0.478 e.